The Morgan fingerprint density at radius 2 is 1.86 bits per heavy atom. The number of rotatable bonds is 5. The summed E-state index contributed by atoms with van der Waals surface area (Å²) >= 11 is 0. The maximum absolute atomic E-state index is 12.7. The van der Waals surface area contributed by atoms with Crippen molar-refractivity contribution in [1.82, 2.24) is 25.0 Å². The molecule has 1 unspecified atom stereocenters. The number of aromatic amines is 1. The Morgan fingerprint density at radius 3 is 2.57 bits per heavy atom. The molecule has 4 rings (SSSR count). The molecule has 0 radical (unpaired) electrons. The lowest BCUT2D eigenvalue weighted by molar-refractivity contribution is -0.132. The molecule has 1 aromatic carbocycles. The Balaban J connectivity index is 1.26. The van der Waals surface area contributed by atoms with E-state index in [9.17, 15) is 14.4 Å². The van der Waals surface area contributed by atoms with E-state index in [1.807, 2.05) is 35.4 Å². The highest BCUT2D eigenvalue weighted by atomic mass is 16.2. The summed E-state index contributed by atoms with van der Waals surface area (Å²) in [5.74, 6) is -0.0372. The predicted octanol–water partition coefficient (Wildman–Crippen LogP) is 0.795. The first-order valence-corrected chi connectivity index (χ1v) is 9.70. The van der Waals surface area contributed by atoms with Gasteiger partial charge in [-0.25, -0.2) is 4.79 Å². The number of aromatic nitrogens is 1. The van der Waals surface area contributed by atoms with Gasteiger partial charge in [-0.1, -0.05) is 18.2 Å². The number of nitrogens with zero attached hydrogens (tertiary/aromatic N) is 3. The van der Waals surface area contributed by atoms with E-state index >= 15 is 0 Å². The van der Waals surface area contributed by atoms with Gasteiger partial charge in [-0.3, -0.25) is 19.4 Å². The number of urea groups is 1. The Kier molecular flexibility index (Phi) is 5.04. The lowest BCUT2D eigenvalue weighted by Crippen LogP contribution is -2.51. The van der Waals surface area contributed by atoms with Crippen molar-refractivity contribution in [3.8, 4) is 0 Å². The van der Waals surface area contributed by atoms with Crippen LogP contribution in [-0.4, -0.2) is 82.8 Å². The highest BCUT2D eigenvalue weighted by Gasteiger charge is 2.35. The molecule has 3 heterocycles. The quantitative estimate of drug-likeness (QED) is 0.748. The number of fused-ring (bicyclic) bond motifs is 1. The van der Waals surface area contributed by atoms with E-state index in [0.717, 1.165) is 29.6 Å². The molecule has 0 aliphatic carbocycles. The molecular formula is C20H25N5O3. The molecule has 148 valence electrons. The Morgan fingerprint density at radius 1 is 1.11 bits per heavy atom. The van der Waals surface area contributed by atoms with E-state index in [1.165, 1.54) is 4.90 Å². The molecule has 2 aromatic rings. The fourth-order valence-electron chi connectivity index (χ4n) is 3.89. The van der Waals surface area contributed by atoms with Crippen molar-refractivity contribution in [1.29, 1.82) is 0 Å². The van der Waals surface area contributed by atoms with Gasteiger partial charge in [0.05, 0.1) is 6.42 Å². The summed E-state index contributed by atoms with van der Waals surface area (Å²) in [5.41, 5.74) is 2.07. The third-order valence-corrected chi connectivity index (χ3v) is 5.60. The minimum absolute atomic E-state index is 0.132. The lowest BCUT2D eigenvalue weighted by Gasteiger charge is -2.35. The van der Waals surface area contributed by atoms with Gasteiger partial charge in [-0.15, -0.1) is 0 Å². The summed E-state index contributed by atoms with van der Waals surface area (Å²) < 4.78 is 0. The number of hydrogen-bond donors (Lipinski definition) is 2. The van der Waals surface area contributed by atoms with Crippen molar-refractivity contribution in [2.75, 3.05) is 39.3 Å². The highest BCUT2D eigenvalue weighted by Crippen LogP contribution is 2.19. The summed E-state index contributed by atoms with van der Waals surface area (Å²) in [6, 6.07) is 7.24. The van der Waals surface area contributed by atoms with Crippen molar-refractivity contribution in [3.05, 3.63) is 36.0 Å². The van der Waals surface area contributed by atoms with Crippen LogP contribution in [0.15, 0.2) is 30.5 Å². The normalized spacial score (nSPS) is 20.8. The number of piperazine rings is 1. The van der Waals surface area contributed by atoms with Gasteiger partial charge in [-0.2, -0.15) is 0 Å². The van der Waals surface area contributed by atoms with Crippen molar-refractivity contribution in [2.45, 2.75) is 19.4 Å². The molecule has 1 atom stereocenters. The fourth-order valence-corrected chi connectivity index (χ4v) is 3.89. The van der Waals surface area contributed by atoms with Gasteiger partial charge in [0, 0.05) is 56.4 Å². The molecule has 2 aliphatic rings. The monoisotopic (exact) mass is 383 g/mol. The Hall–Kier alpha value is -2.87. The number of benzene rings is 1. The van der Waals surface area contributed by atoms with Crippen LogP contribution in [0.4, 0.5) is 4.79 Å². The molecule has 4 amide bonds. The van der Waals surface area contributed by atoms with Crippen LogP contribution in [0.1, 0.15) is 12.5 Å². The first-order chi connectivity index (χ1) is 13.5. The zero-order chi connectivity index (χ0) is 19.7. The van der Waals surface area contributed by atoms with Gasteiger partial charge in [0.2, 0.25) is 5.91 Å². The second-order valence-corrected chi connectivity index (χ2v) is 7.42. The van der Waals surface area contributed by atoms with Gasteiger partial charge in [0.1, 0.15) is 6.04 Å². The van der Waals surface area contributed by atoms with Gasteiger partial charge >= 0.3 is 6.03 Å². The smallest absolute Gasteiger partial charge is 0.324 e. The van der Waals surface area contributed by atoms with E-state index in [-0.39, 0.29) is 17.8 Å². The van der Waals surface area contributed by atoms with Crippen molar-refractivity contribution >= 4 is 28.7 Å². The standard InChI is InChI=1S/C20H25N5O3/c1-14-19(27)25(20(28)22-14)11-8-23-6-9-24(10-7-23)18(26)12-15-13-21-17-5-3-2-4-16(15)17/h2-5,13-14,21H,6-12H2,1H3,(H,22,28). The van der Waals surface area contributed by atoms with Crippen LogP contribution in [0.5, 0.6) is 0 Å². The Labute approximate surface area is 163 Å². The maximum Gasteiger partial charge on any atom is 0.324 e. The van der Waals surface area contributed by atoms with E-state index in [2.05, 4.69) is 15.2 Å². The van der Waals surface area contributed by atoms with Crippen LogP contribution in [-0.2, 0) is 16.0 Å². The number of para-hydroxylation sites is 1. The molecule has 8 heteroatoms. The molecular weight excluding hydrogens is 358 g/mol. The number of nitrogens with one attached hydrogen (secondary N) is 2. The van der Waals surface area contributed by atoms with Crippen molar-refractivity contribution < 1.29 is 14.4 Å². The number of H-pyrrole nitrogens is 1. The van der Waals surface area contributed by atoms with Crippen LogP contribution in [0.25, 0.3) is 10.9 Å². The Bertz CT molecular complexity index is 900. The first-order valence-electron chi connectivity index (χ1n) is 9.70. The second kappa shape index (κ2) is 7.63. The summed E-state index contributed by atoms with van der Waals surface area (Å²) in [7, 11) is 0. The number of carbonyl (C=O) groups is 3. The second-order valence-electron chi connectivity index (χ2n) is 7.42. The number of hydrogen-bond acceptors (Lipinski definition) is 4. The van der Waals surface area contributed by atoms with E-state index in [0.29, 0.717) is 32.6 Å². The summed E-state index contributed by atoms with van der Waals surface area (Å²) in [4.78, 5) is 45.0. The molecule has 0 spiro atoms. The van der Waals surface area contributed by atoms with Crippen LogP contribution < -0.4 is 5.32 Å². The lowest BCUT2D eigenvalue weighted by atomic mass is 10.1. The van der Waals surface area contributed by atoms with Crippen molar-refractivity contribution in [2.24, 2.45) is 0 Å². The largest absolute Gasteiger partial charge is 0.361 e. The molecule has 0 saturated carbocycles. The molecule has 2 N–H and O–H groups in total. The fraction of sp³-hybridized carbons (Fsp3) is 0.450. The highest BCUT2D eigenvalue weighted by molar-refractivity contribution is 6.03. The minimum Gasteiger partial charge on any atom is -0.361 e. The third-order valence-electron chi connectivity index (χ3n) is 5.60. The summed E-state index contributed by atoms with van der Waals surface area (Å²) in [6.45, 7) is 5.54. The third kappa shape index (κ3) is 3.60. The van der Waals surface area contributed by atoms with Crippen LogP contribution in [0.2, 0.25) is 0 Å². The van der Waals surface area contributed by atoms with E-state index in [1.54, 1.807) is 6.92 Å². The van der Waals surface area contributed by atoms with Gasteiger partial charge in [-0.05, 0) is 18.6 Å². The predicted molar refractivity (Wildman–Crippen MR) is 105 cm³/mol. The molecule has 8 nitrogen and oxygen atoms in total. The number of imide groups is 1. The summed E-state index contributed by atoms with van der Waals surface area (Å²) in [5, 5.41) is 3.72. The van der Waals surface area contributed by atoms with Crippen LogP contribution in [0.3, 0.4) is 0 Å². The first kappa shape index (κ1) is 18.5. The average Bonchev–Trinajstić information content (AvgIpc) is 3.21. The van der Waals surface area contributed by atoms with Gasteiger partial charge < -0.3 is 15.2 Å². The van der Waals surface area contributed by atoms with E-state index in [4.69, 9.17) is 0 Å². The zero-order valence-corrected chi connectivity index (χ0v) is 16.0. The maximum atomic E-state index is 12.7. The molecule has 2 fully saturated rings. The van der Waals surface area contributed by atoms with E-state index < -0.39 is 6.04 Å². The summed E-state index contributed by atoms with van der Waals surface area (Å²) in [6.07, 6.45) is 2.31. The van der Waals surface area contributed by atoms with Crippen molar-refractivity contribution in [3.63, 3.8) is 0 Å². The SMILES string of the molecule is CC1NC(=O)N(CCN2CCN(C(=O)Cc3c[nH]c4ccccc34)CC2)C1=O. The zero-order valence-electron chi connectivity index (χ0n) is 16.0. The topological polar surface area (TPSA) is 88.8 Å². The van der Waals surface area contributed by atoms with Crippen LogP contribution in [0, 0.1) is 0 Å². The minimum atomic E-state index is -0.438. The molecule has 1 aromatic heterocycles. The molecule has 2 saturated heterocycles. The molecule has 2 aliphatic heterocycles. The van der Waals surface area contributed by atoms with Gasteiger partial charge in [0.15, 0.2) is 0 Å². The average molecular weight is 383 g/mol. The molecule has 28 heavy (non-hydrogen) atoms. The number of amides is 4. The van der Waals surface area contributed by atoms with Crippen LogP contribution >= 0.6 is 0 Å². The molecule has 0 bridgehead atoms. The van der Waals surface area contributed by atoms with Gasteiger partial charge in [0.25, 0.3) is 5.91 Å². The number of carbonyl (C=O) groups excluding carboxylic acids is 3.